The molecular formula is C11H20N2O3. The number of hydrogen-bond acceptors (Lipinski definition) is 4. The minimum absolute atomic E-state index is 0.0972. The van der Waals surface area contributed by atoms with Crippen molar-refractivity contribution < 1.29 is 14.3 Å². The Kier molecular flexibility index (Phi) is 3.57. The van der Waals surface area contributed by atoms with Crippen LogP contribution in [-0.4, -0.2) is 37.1 Å². The van der Waals surface area contributed by atoms with Gasteiger partial charge in [-0.3, -0.25) is 0 Å². The van der Waals surface area contributed by atoms with E-state index in [-0.39, 0.29) is 6.04 Å². The minimum Gasteiger partial charge on any atom is -0.444 e. The Balaban J connectivity index is 2.39. The molecule has 1 saturated heterocycles. The summed E-state index contributed by atoms with van der Waals surface area (Å²) < 4.78 is 5.10. The van der Waals surface area contributed by atoms with E-state index in [4.69, 9.17) is 4.74 Å². The quantitative estimate of drug-likeness (QED) is 0.697. The molecule has 0 aromatic carbocycles. The number of carbonyl (C=O) groups excluding carboxylic acids is 2. The van der Waals surface area contributed by atoms with Crippen molar-refractivity contribution >= 4 is 12.4 Å². The molecule has 1 aliphatic rings. The molecule has 2 unspecified atom stereocenters. The molecule has 1 heterocycles. The normalized spacial score (nSPS) is 29.1. The van der Waals surface area contributed by atoms with Crippen molar-refractivity contribution in [2.45, 2.75) is 39.3 Å². The van der Waals surface area contributed by atoms with Crippen LogP contribution in [0.25, 0.3) is 0 Å². The molecule has 0 spiro atoms. The molecule has 0 aromatic heterocycles. The molecule has 0 saturated carbocycles. The smallest absolute Gasteiger partial charge is 0.407 e. The first kappa shape index (κ1) is 13.0. The monoisotopic (exact) mass is 228 g/mol. The number of alkyl carbamates (subject to hydrolysis) is 1. The van der Waals surface area contributed by atoms with Crippen LogP contribution in [0.1, 0.15) is 27.7 Å². The van der Waals surface area contributed by atoms with Crippen molar-refractivity contribution in [3.05, 3.63) is 0 Å². The molecule has 0 aliphatic carbocycles. The summed E-state index contributed by atoms with van der Waals surface area (Å²) in [6.07, 6.45) is 0.429. The van der Waals surface area contributed by atoms with Crippen molar-refractivity contribution in [3.63, 3.8) is 0 Å². The highest BCUT2D eigenvalue weighted by molar-refractivity contribution is 5.70. The zero-order valence-electron chi connectivity index (χ0n) is 10.3. The summed E-state index contributed by atoms with van der Waals surface area (Å²) in [7, 11) is 0. The van der Waals surface area contributed by atoms with E-state index in [2.05, 4.69) is 10.6 Å². The van der Waals surface area contributed by atoms with Gasteiger partial charge in [-0.15, -0.1) is 0 Å². The minimum atomic E-state index is -0.512. The van der Waals surface area contributed by atoms with Gasteiger partial charge < -0.3 is 20.2 Å². The van der Waals surface area contributed by atoms with E-state index >= 15 is 0 Å². The molecule has 1 rings (SSSR count). The Bertz CT molecular complexity index is 285. The molecule has 5 nitrogen and oxygen atoms in total. The van der Waals surface area contributed by atoms with Crippen molar-refractivity contribution in [1.29, 1.82) is 0 Å². The van der Waals surface area contributed by atoms with Crippen LogP contribution in [0.4, 0.5) is 4.79 Å². The highest BCUT2D eigenvalue weighted by Crippen LogP contribution is 2.25. The molecule has 5 heteroatoms. The molecule has 0 aromatic rings. The van der Waals surface area contributed by atoms with Crippen molar-refractivity contribution in [1.82, 2.24) is 10.6 Å². The number of aldehydes is 1. The lowest BCUT2D eigenvalue weighted by atomic mass is 9.75. The number of hydrogen-bond donors (Lipinski definition) is 2. The van der Waals surface area contributed by atoms with Crippen LogP contribution >= 0.6 is 0 Å². The van der Waals surface area contributed by atoms with Crippen LogP contribution < -0.4 is 10.6 Å². The lowest BCUT2D eigenvalue weighted by Crippen LogP contribution is -2.66. The van der Waals surface area contributed by atoms with E-state index in [9.17, 15) is 9.59 Å². The predicted octanol–water partition coefficient (Wildman–Crippen LogP) is 0.688. The number of amides is 1. The molecule has 92 valence electrons. The van der Waals surface area contributed by atoms with Gasteiger partial charge in [0.25, 0.3) is 0 Å². The highest BCUT2D eigenvalue weighted by atomic mass is 16.6. The van der Waals surface area contributed by atoms with Gasteiger partial charge in [0.05, 0.1) is 5.41 Å². The molecule has 0 bridgehead atoms. The zero-order chi connectivity index (χ0) is 12.4. The summed E-state index contributed by atoms with van der Waals surface area (Å²) >= 11 is 0. The molecular weight excluding hydrogens is 208 g/mol. The van der Waals surface area contributed by atoms with Gasteiger partial charge in [-0.2, -0.15) is 0 Å². The van der Waals surface area contributed by atoms with Crippen LogP contribution in [0.5, 0.6) is 0 Å². The second kappa shape index (κ2) is 4.41. The van der Waals surface area contributed by atoms with Crippen LogP contribution in [0.15, 0.2) is 0 Å². The van der Waals surface area contributed by atoms with E-state index in [0.29, 0.717) is 13.1 Å². The fourth-order valence-corrected chi connectivity index (χ4v) is 1.52. The molecule has 1 amide bonds. The first-order valence-electron chi connectivity index (χ1n) is 5.46. The van der Waals surface area contributed by atoms with Crippen molar-refractivity contribution in [3.8, 4) is 0 Å². The SMILES string of the molecule is CC1NCC1(C=O)CNC(=O)OC(C)(C)C. The standard InChI is InChI=1S/C11H20N2O3/c1-8-11(7-14,5-12-8)6-13-9(15)16-10(2,3)4/h7-8,12H,5-6H2,1-4H3,(H,13,15). The molecule has 16 heavy (non-hydrogen) atoms. The topological polar surface area (TPSA) is 67.4 Å². The number of nitrogens with one attached hydrogen (secondary N) is 2. The lowest BCUT2D eigenvalue weighted by molar-refractivity contribution is -0.121. The van der Waals surface area contributed by atoms with Gasteiger partial charge in [0, 0.05) is 19.1 Å². The second-order valence-electron chi connectivity index (χ2n) is 5.31. The van der Waals surface area contributed by atoms with Crippen LogP contribution in [0.2, 0.25) is 0 Å². The highest BCUT2D eigenvalue weighted by Gasteiger charge is 2.44. The Morgan fingerprint density at radius 2 is 2.25 bits per heavy atom. The Labute approximate surface area is 95.9 Å². The average Bonchev–Trinajstić information content (AvgIpc) is 2.14. The van der Waals surface area contributed by atoms with Crippen molar-refractivity contribution in [2.24, 2.45) is 5.41 Å². The molecule has 1 aliphatic heterocycles. The van der Waals surface area contributed by atoms with E-state index in [1.54, 1.807) is 20.8 Å². The Morgan fingerprint density at radius 1 is 1.62 bits per heavy atom. The third kappa shape index (κ3) is 2.95. The average molecular weight is 228 g/mol. The summed E-state index contributed by atoms with van der Waals surface area (Å²) in [6.45, 7) is 8.25. The summed E-state index contributed by atoms with van der Waals surface area (Å²) in [4.78, 5) is 22.4. The van der Waals surface area contributed by atoms with E-state index < -0.39 is 17.1 Å². The van der Waals surface area contributed by atoms with Gasteiger partial charge in [0.2, 0.25) is 0 Å². The van der Waals surface area contributed by atoms with Crippen LogP contribution in [-0.2, 0) is 9.53 Å². The maximum absolute atomic E-state index is 11.4. The Hall–Kier alpha value is -1.10. The zero-order valence-corrected chi connectivity index (χ0v) is 10.3. The number of ether oxygens (including phenoxy) is 1. The van der Waals surface area contributed by atoms with Crippen LogP contribution in [0, 0.1) is 5.41 Å². The van der Waals surface area contributed by atoms with E-state index in [1.165, 1.54) is 0 Å². The summed E-state index contributed by atoms with van der Waals surface area (Å²) in [5.74, 6) is 0. The van der Waals surface area contributed by atoms with Crippen LogP contribution in [0.3, 0.4) is 0 Å². The lowest BCUT2D eigenvalue weighted by Gasteiger charge is -2.44. The molecule has 2 atom stereocenters. The third-order valence-electron chi connectivity index (χ3n) is 2.80. The maximum Gasteiger partial charge on any atom is 0.407 e. The molecule has 0 radical (unpaired) electrons. The van der Waals surface area contributed by atoms with Gasteiger partial charge in [-0.05, 0) is 27.7 Å². The maximum atomic E-state index is 11.4. The van der Waals surface area contributed by atoms with Gasteiger partial charge >= 0.3 is 6.09 Å². The first-order chi connectivity index (χ1) is 7.29. The fourth-order valence-electron chi connectivity index (χ4n) is 1.52. The van der Waals surface area contributed by atoms with Crippen molar-refractivity contribution in [2.75, 3.05) is 13.1 Å². The second-order valence-corrected chi connectivity index (χ2v) is 5.31. The number of rotatable bonds is 3. The van der Waals surface area contributed by atoms with E-state index in [0.717, 1.165) is 6.29 Å². The summed E-state index contributed by atoms with van der Waals surface area (Å²) in [5.41, 5.74) is -0.987. The van der Waals surface area contributed by atoms with Gasteiger partial charge in [-0.1, -0.05) is 0 Å². The number of carbonyl (C=O) groups is 2. The first-order valence-corrected chi connectivity index (χ1v) is 5.46. The van der Waals surface area contributed by atoms with Gasteiger partial charge in [-0.25, -0.2) is 4.79 Å². The molecule has 1 fully saturated rings. The third-order valence-corrected chi connectivity index (χ3v) is 2.80. The van der Waals surface area contributed by atoms with Gasteiger partial charge in [0.1, 0.15) is 11.9 Å². The predicted molar refractivity (Wildman–Crippen MR) is 60.2 cm³/mol. The van der Waals surface area contributed by atoms with E-state index in [1.807, 2.05) is 6.92 Å². The fraction of sp³-hybridized carbons (Fsp3) is 0.818. The summed E-state index contributed by atoms with van der Waals surface area (Å²) in [5, 5.41) is 5.73. The molecule has 2 N–H and O–H groups in total. The summed E-state index contributed by atoms with van der Waals surface area (Å²) in [6, 6.07) is 0.0972. The van der Waals surface area contributed by atoms with Gasteiger partial charge in [0.15, 0.2) is 0 Å². The Morgan fingerprint density at radius 3 is 2.56 bits per heavy atom. The largest absolute Gasteiger partial charge is 0.444 e.